The van der Waals surface area contributed by atoms with Crippen LogP contribution in [0.1, 0.15) is 103 Å². The van der Waals surface area contributed by atoms with Crippen molar-refractivity contribution in [2.75, 3.05) is 79.3 Å². The molecule has 0 fully saturated rings. The number of aliphatic hydroxyl groups excluding tert-OH is 12. The molecule has 0 aromatic heterocycles. The van der Waals surface area contributed by atoms with Crippen LogP contribution in [0.5, 0.6) is 23.0 Å². The predicted octanol–water partition coefficient (Wildman–Crippen LogP) is 1.60. The summed E-state index contributed by atoms with van der Waals surface area (Å²) in [7, 11) is 0. The monoisotopic (exact) mass is 1260 g/mol. The van der Waals surface area contributed by atoms with Crippen LogP contribution in [0, 0.1) is 10.8 Å². The number of hydrogen-bond donors (Lipinski definition) is 14. The van der Waals surface area contributed by atoms with E-state index in [9.17, 15) is 70.9 Å². The standard InChI is InChI=1S/C70H74N2O20/c73-27-67(28-74,29-75)21-55(85)61-57-48-14-10-44-18-52(48)58(62(61)56(86)22-68(30-76,31-77)32-78)47-13-9-43(17-51(47)57)89-23-39-1-5-41(6-2-39)25-91-45-11-15-49-53(19-45)59-50-16-12-46(92-26-42-7-3-40(4-8-42)24-90-44)20-54(50)60(49)64(66(88)72-70(36-82,37-83)38-84)63(59)65(87)71-69(33-79,34-80)35-81/h1-20,57-60,73-84H,21-38H2,(H,71,87)(H,72,88)/t57-,58?,59?,60-/m0/s1. The van der Waals surface area contributed by atoms with E-state index in [4.69, 9.17) is 18.9 Å². The van der Waals surface area contributed by atoms with Crippen molar-refractivity contribution < 1.29 is 99.4 Å². The Balaban J connectivity index is 0.979. The zero-order valence-electron chi connectivity index (χ0n) is 50.2. The number of rotatable bonds is 22. The molecule has 20 bridgehead atoms. The molecular weight excluding hydrogens is 1190 g/mol. The minimum atomic E-state index is -1.93. The van der Waals surface area contributed by atoms with Crippen LogP contribution >= 0.6 is 0 Å². The molecule has 6 aromatic rings. The van der Waals surface area contributed by atoms with Crippen molar-refractivity contribution in [3.8, 4) is 23.0 Å². The molecule has 6 aliphatic carbocycles. The number of aliphatic hydroxyl groups is 12. The van der Waals surface area contributed by atoms with Gasteiger partial charge in [0.2, 0.25) is 11.8 Å². The molecule has 22 heteroatoms. The Hall–Kier alpha value is -8.20. The van der Waals surface area contributed by atoms with Gasteiger partial charge in [0.25, 0.3) is 0 Å². The summed E-state index contributed by atoms with van der Waals surface area (Å²) in [6, 6.07) is 36.1. The van der Waals surface area contributed by atoms with E-state index >= 15 is 9.59 Å². The van der Waals surface area contributed by atoms with Gasteiger partial charge in [-0.1, -0.05) is 72.8 Å². The molecule has 0 saturated heterocycles. The highest BCUT2D eigenvalue weighted by Crippen LogP contribution is 2.60. The van der Waals surface area contributed by atoms with E-state index in [0.29, 0.717) is 67.5 Å². The lowest BCUT2D eigenvalue weighted by molar-refractivity contribution is -0.124. The molecule has 0 saturated carbocycles. The van der Waals surface area contributed by atoms with E-state index in [1.54, 1.807) is 60.7 Å². The molecule has 16 heterocycles. The fourth-order valence-electron chi connectivity index (χ4n) is 13.1. The van der Waals surface area contributed by atoms with Gasteiger partial charge < -0.3 is 90.9 Å². The molecule has 28 rings (SSSR count). The van der Waals surface area contributed by atoms with Gasteiger partial charge in [-0.15, -0.1) is 0 Å². The summed E-state index contributed by atoms with van der Waals surface area (Å²) in [5.74, 6) is -5.42. The number of benzene rings is 6. The fourth-order valence-corrected chi connectivity index (χ4v) is 13.1. The Morgan fingerprint density at radius 1 is 0.315 bits per heavy atom. The molecule has 22 aliphatic rings. The van der Waals surface area contributed by atoms with Gasteiger partial charge in [0.05, 0.1) is 79.3 Å². The van der Waals surface area contributed by atoms with Crippen LogP contribution in [-0.4, -0.2) is 175 Å². The lowest BCUT2D eigenvalue weighted by Gasteiger charge is -2.44. The van der Waals surface area contributed by atoms with Gasteiger partial charge in [-0.3, -0.25) is 19.2 Å². The molecule has 22 nitrogen and oxygen atoms in total. The van der Waals surface area contributed by atoms with Gasteiger partial charge in [-0.2, -0.15) is 0 Å². The Morgan fingerprint density at radius 3 is 0.761 bits per heavy atom. The average Bonchev–Trinajstić information content (AvgIpc) is 0.706. The summed E-state index contributed by atoms with van der Waals surface area (Å²) in [4.78, 5) is 59.8. The number of hydrogen-bond acceptors (Lipinski definition) is 20. The van der Waals surface area contributed by atoms with E-state index in [0.717, 1.165) is 22.3 Å². The molecule has 6 aromatic carbocycles. The second-order valence-electron chi connectivity index (χ2n) is 24.9. The smallest absolute Gasteiger partial charge is 0.249 e. The molecule has 16 aliphatic heterocycles. The van der Waals surface area contributed by atoms with Crippen molar-refractivity contribution >= 4 is 23.4 Å². The van der Waals surface area contributed by atoms with Crippen molar-refractivity contribution in [2.24, 2.45) is 10.8 Å². The first-order valence-electron chi connectivity index (χ1n) is 30.2. The summed E-state index contributed by atoms with van der Waals surface area (Å²) >= 11 is 0. The first-order valence-corrected chi connectivity index (χ1v) is 30.2. The number of ketones is 2. The molecule has 4 atom stereocenters. The maximum absolute atomic E-state index is 15.0. The third-order valence-corrected chi connectivity index (χ3v) is 18.9. The fraction of sp³-hybridized carbons (Fsp3) is 0.371. The van der Waals surface area contributed by atoms with E-state index < -0.39 is 161 Å². The molecular formula is C70H74N2O20. The Labute approximate surface area is 528 Å². The largest absolute Gasteiger partial charge is 0.489 e. The number of Topliss-reactive ketones (excluding diaryl/α,β-unsaturated/α-hetero) is 2. The summed E-state index contributed by atoms with van der Waals surface area (Å²) in [5, 5.41) is 130. The van der Waals surface area contributed by atoms with Crippen LogP contribution in [0.4, 0.5) is 0 Å². The second kappa shape index (κ2) is 26.8. The number of nitrogens with one attached hydrogen (secondary N) is 2. The van der Waals surface area contributed by atoms with E-state index in [1.165, 1.54) is 0 Å². The van der Waals surface area contributed by atoms with Gasteiger partial charge in [-0.25, -0.2) is 0 Å². The van der Waals surface area contributed by atoms with Crippen LogP contribution in [0.3, 0.4) is 0 Å². The van der Waals surface area contributed by atoms with Crippen molar-refractivity contribution in [2.45, 2.75) is 74.0 Å². The normalized spacial score (nSPS) is 18.2. The summed E-state index contributed by atoms with van der Waals surface area (Å²) in [6.07, 6.45) is -1.09. The molecule has 14 N–H and O–H groups in total. The summed E-state index contributed by atoms with van der Waals surface area (Å²) in [6.45, 7) is -9.46. The molecule has 2 amide bonds. The van der Waals surface area contributed by atoms with Gasteiger partial charge in [0.1, 0.15) is 60.5 Å². The summed E-state index contributed by atoms with van der Waals surface area (Å²) in [5.41, 5.74) is 0.575. The number of ether oxygens (including phenoxy) is 4. The zero-order chi connectivity index (χ0) is 65.3. The number of carbonyl (C=O) groups excluding carboxylic acids is 4. The third kappa shape index (κ3) is 11.9. The number of carbonyl (C=O) groups is 4. The van der Waals surface area contributed by atoms with Crippen LogP contribution in [0.2, 0.25) is 0 Å². The topological polar surface area (TPSA) is 372 Å². The average molecular weight is 1260 g/mol. The minimum Gasteiger partial charge on any atom is -0.489 e. The Morgan fingerprint density at radius 2 is 0.543 bits per heavy atom. The first kappa shape index (κ1) is 65.3. The van der Waals surface area contributed by atoms with E-state index in [2.05, 4.69) is 10.6 Å². The highest BCUT2D eigenvalue weighted by Gasteiger charge is 2.52. The molecule has 0 spiro atoms. The van der Waals surface area contributed by atoms with Crippen LogP contribution in [0.15, 0.2) is 144 Å². The SMILES string of the molecule is O=C(CC(CO)(CO)CO)C1=C(C(=O)CC(CO)(CO)CO)[C@H]2c3ccc4cc3C1c1ccc(cc12)OCc1ccc(cc1)COc1ccc2c(c1)C1C(C(=O)NC(CO)(CO)CO)=C(C(=O)NC(CO)(CO)CO)[C@@H]2c2cc(ccc21)OCc1ccc(cc1)CO4. The first-order chi connectivity index (χ1) is 44.5. The lowest BCUT2D eigenvalue weighted by atomic mass is 9.58. The van der Waals surface area contributed by atoms with Crippen molar-refractivity contribution in [1.82, 2.24) is 10.6 Å². The van der Waals surface area contributed by atoms with Crippen molar-refractivity contribution in [3.05, 3.63) is 210 Å². The predicted molar refractivity (Wildman–Crippen MR) is 328 cm³/mol. The van der Waals surface area contributed by atoms with Gasteiger partial charge >= 0.3 is 0 Å². The maximum Gasteiger partial charge on any atom is 0.249 e. The Kier molecular flexibility index (Phi) is 19.0. The lowest BCUT2D eigenvalue weighted by Crippen LogP contribution is -2.59. The van der Waals surface area contributed by atoms with Gasteiger partial charge in [0, 0.05) is 69.6 Å². The van der Waals surface area contributed by atoms with Crippen LogP contribution in [0.25, 0.3) is 0 Å². The third-order valence-electron chi connectivity index (χ3n) is 18.9. The zero-order valence-corrected chi connectivity index (χ0v) is 50.2. The second-order valence-corrected chi connectivity index (χ2v) is 24.9. The maximum atomic E-state index is 15.0. The number of allylic oxidation sites excluding steroid dienone is 2. The van der Waals surface area contributed by atoms with Crippen LogP contribution in [-0.2, 0) is 45.6 Å². The molecule has 484 valence electrons. The van der Waals surface area contributed by atoms with Crippen LogP contribution < -0.4 is 29.6 Å². The van der Waals surface area contributed by atoms with E-state index in [-0.39, 0.29) is 48.7 Å². The molecule has 92 heavy (non-hydrogen) atoms. The van der Waals surface area contributed by atoms with Gasteiger partial charge in [-0.05, 0) is 115 Å². The Bertz CT molecular complexity index is 3320. The number of amides is 2. The minimum absolute atomic E-state index is 0.0432. The quantitative estimate of drug-likeness (QED) is 0.0459. The highest BCUT2D eigenvalue weighted by atomic mass is 16.5. The molecule has 0 radical (unpaired) electrons. The van der Waals surface area contributed by atoms with Crippen molar-refractivity contribution in [3.63, 3.8) is 0 Å². The van der Waals surface area contributed by atoms with E-state index in [1.807, 2.05) is 60.7 Å². The van der Waals surface area contributed by atoms with Gasteiger partial charge in [0.15, 0.2) is 11.6 Å². The highest BCUT2D eigenvalue weighted by molar-refractivity contribution is 6.12. The molecule has 2 unspecified atom stereocenters. The van der Waals surface area contributed by atoms with Crippen molar-refractivity contribution in [1.29, 1.82) is 0 Å². The summed E-state index contributed by atoms with van der Waals surface area (Å²) < 4.78 is 25.7.